The Morgan fingerprint density at radius 1 is 1.30 bits per heavy atom. The number of hydrogen-bond acceptors (Lipinski definition) is 3. The van der Waals surface area contributed by atoms with Crippen LogP contribution in [-0.4, -0.2) is 48.6 Å². The number of carbonyl (C=O) groups is 3. The molecule has 0 aliphatic rings. The van der Waals surface area contributed by atoms with Crippen LogP contribution in [0.1, 0.15) is 10.4 Å². The van der Waals surface area contributed by atoms with Gasteiger partial charge in [-0.3, -0.25) is 4.79 Å². The van der Waals surface area contributed by atoms with Gasteiger partial charge < -0.3 is 20.6 Å². The molecule has 0 spiro atoms. The number of likely N-dealkylation sites (N-methyl/N-ethyl adjacent to an activating group) is 1. The number of urea groups is 1. The molecule has 1 aromatic rings. The zero-order valence-corrected chi connectivity index (χ0v) is 11.7. The van der Waals surface area contributed by atoms with Crippen molar-refractivity contribution in [2.24, 2.45) is 0 Å². The molecule has 3 amide bonds. The van der Waals surface area contributed by atoms with E-state index in [-0.39, 0.29) is 28.7 Å². The van der Waals surface area contributed by atoms with E-state index in [4.69, 9.17) is 16.7 Å². The SMILES string of the molecule is CN(C)C(=O)CNC(=O)Nc1cc(C(=O)O)ccc1Cl. The van der Waals surface area contributed by atoms with Gasteiger partial charge in [-0.25, -0.2) is 9.59 Å². The average molecular weight is 300 g/mol. The first-order valence-corrected chi connectivity index (χ1v) is 5.97. The number of halogens is 1. The third kappa shape index (κ3) is 4.43. The summed E-state index contributed by atoms with van der Waals surface area (Å²) in [5.41, 5.74) is 0.149. The van der Waals surface area contributed by atoms with E-state index < -0.39 is 12.0 Å². The second-order valence-electron chi connectivity index (χ2n) is 4.10. The largest absolute Gasteiger partial charge is 0.478 e. The first-order valence-electron chi connectivity index (χ1n) is 5.59. The molecule has 0 aliphatic heterocycles. The Hall–Kier alpha value is -2.28. The van der Waals surface area contributed by atoms with Gasteiger partial charge in [-0.2, -0.15) is 0 Å². The van der Waals surface area contributed by atoms with Gasteiger partial charge in [0.2, 0.25) is 5.91 Å². The van der Waals surface area contributed by atoms with Crippen LogP contribution in [0.3, 0.4) is 0 Å². The lowest BCUT2D eigenvalue weighted by Crippen LogP contribution is -2.38. The minimum absolute atomic E-state index is 0.00549. The molecule has 0 bridgehead atoms. The molecule has 7 nitrogen and oxygen atoms in total. The Bertz CT molecular complexity index is 546. The third-order valence-corrected chi connectivity index (χ3v) is 2.69. The van der Waals surface area contributed by atoms with Gasteiger partial charge in [0.15, 0.2) is 0 Å². The van der Waals surface area contributed by atoms with Crippen LogP contribution in [0, 0.1) is 0 Å². The van der Waals surface area contributed by atoms with Gasteiger partial charge in [0.25, 0.3) is 0 Å². The highest BCUT2D eigenvalue weighted by molar-refractivity contribution is 6.33. The fourth-order valence-corrected chi connectivity index (χ4v) is 1.40. The summed E-state index contributed by atoms with van der Waals surface area (Å²) in [6.45, 7) is -0.172. The van der Waals surface area contributed by atoms with E-state index in [1.54, 1.807) is 14.1 Å². The number of nitrogens with zero attached hydrogens (tertiary/aromatic N) is 1. The fourth-order valence-electron chi connectivity index (χ4n) is 1.23. The summed E-state index contributed by atoms with van der Waals surface area (Å²) in [4.78, 5) is 35.0. The Labute approximate surface area is 120 Å². The number of carboxylic acids is 1. The fraction of sp³-hybridized carbons (Fsp3) is 0.250. The zero-order chi connectivity index (χ0) is 15.3. The van der Waals surface area contributed by atoms with Crippen molar-refractivity contribution in [2.75, 3.05) is 26.0 Å². The topological polar surface area (TPSA) is 98.7 Å². The number of anilines is 1. The Balaban J connectivity index is 2.68. The van der Waals surface area contributed by atoms with Crippen LogP contribution in [0.4, 0.5) is 10.5 Å². The molecule has 1 rings (SSSR count). The molecular formula is C12H14ClN3O4. The smallest absolute Gasteiger partial charge is 0.335 e. The predicted molar refractivity (Wildman–Crippen MR) is 74.1 cm³/mol. The molecule has 3 N–H and O–H groups in total. The normalized spacial score (nSPS) is 9.75. The minimum Gasteiger partial charge on any atom is -0.478 e. The van der Waals surface area contributed by atoms with Crippen molar-refractivity contribution < 1.29 is 19.5 Å². The van der Waals surface area contributed by atoms with Gasteiger partial charge in [-0.1, -0.05) is 11.6 Å². The second-order valence-corrected chi connectivity index (χ2v) is 4.50. The van der Waals surface area contributed by atoms with Crippen molar-refractivity contribution >= 4 is 35.2 Å². The first-order chi connectivity index (χ1) is 9.31. The molecule has 0 radical (unpaired) electrons. The van der Waals surface area contributed by atoms with Gasteiger partial charge in [0.1, 0.15) is 0 Å². The number of amides is 3. The number of hydrogen-bond donors (Lipinski definition) is 3. The molecule has 8 heteroatoms. The maximum atomic E-state index is 11.6. The molecule has 20 heavy (non-hydrogen) atoms. The van der Waals surface area contributed by atoms with Gasteiger partial charge in [0, 0.05) is 14.1 Å². The molecule has 0 aliphatic carbocycles. The summed E-state index contributed by atoms with van der Waals surface area (Å²) >= 11 is 5.85. The number of benzene rings is 1. The zero-order valence-electron chi connectivity index (χ0n) is 10.9. The summed E-state index contributed by atoms with van der Waals surface area (Å²) in [7, 11) is 3.13. The van der Waals surface area contributed by atoms with Gasteiger partial charge in [0.05, 0.1) is 22.8 Å². The van der Waals surface area contributed by atoms with Crippen LogP contribution in [0.5, 0.6) is 0 Å². The Morgan fingerprint density at radius 2 is 1.95 bits per heavy atom. The molecule has 0 fully saturated rings. The highest BCUT2D eigenvalue weighted by Crippen LogP contribution is 2.22. The maximum absolute atomic E-state index is 11.6. The minimum atomic E-state index is -1.13. The number of carboxylic acid groups (broad SMARTS) is 1. The summed E-state index contributed by atoms with van der Waals surface area (Å²) in [6, 6.07) is 3.28. The molecule has 0 saturated carbocycles. The van der Waals surface area contributed by atoms with E-state index in [9.17, 15) is 14.4 Å². The highest BCUT2D eigenvalue weighted by atomic mass is 35.5. The molecule has 0 unspecified atom stereocenters. The summed E-state index contributed by atoms with van der Waals surface area (Å²) in [5.74, 6) is -1.40. The van der Waals surface area contributed by atoms with Crippen LogP contribution in [0.25, 0.3) is 0 Å². The molecule has 0 saturated heterocycles. The number of carbonyl (C=O) groups excluding carboxylic acids is 2. The van der Waals surface area contributed by atoms with Crippen LogP contribution in [0.2, 0.25) is 5.02 Å². The molecule has 0 heterocycles. The summed E-state index contributed by atoms with van der Waals surface area (Å²) in [5, 5.41) is 13.8. The van der Waals surface area contributed by atoms with E-state index in [2.05, 4.69) is 10.6 Å². The average Bonchev–Trinajstić information content (AvgIpc) is 2.38. The predicted octanol–water partition coefficient (Wildman–Crippen LogP) is 1.25. The van der Waals surface area contributed by atoms with E-state index in [0.29, 0.717) is 0 Å². The monoisotopic (exact) mass is 299 g/mol. The van der Waals surface area contributed by atoms with E-state index in [0.717, 1.165) is 0 Å². The summed E-state index contributed by atoms with van der Waals surface area (Å²) in [6.07, 6.45) is 0. The van der Waals surface area contributed by atoms with Crippen molar-refractivity contribution in [3.63, 3.8) is 0 Å². The molecule has 108 valence electrons. The number of nitrogens with one attached hydrogen (secondary N) is 2. The van der Waals surface area contributed by atoms with E-state index >= 15 is 0 Å². The second kappa shape index (κ2) is 6.76. The third-order valence-electron chi connectivity index (χ3n) is 2.36. The quantitative estimate of drug-likeness (QED) is 0.779. The number of rotatable bonds is 4. The lowest BCUT2D eigenvalue weighted by molar-refractivity contribution is -0.127. The lowest BCUT2D eigenvalue weighted by Gasteiger charge is -2.12. The van der Waals surface area contributed by atoms with Crippen molar-refractivity contribution in [1.29, 1.82) is 0 Å². The highest BCUT2D eigenvalue weighted by Gasteiger charge is 2.11. The Morgan fingerprint density at radius 3 is 2.50 bits per heavy atom. The van der Waals surface area contributed by atoms with E-state index in [1.165, 1.54) is 23.1 Å². The maximum Gasteiger partial charge on any atom is 0.335 e. The molecular weight excluding hydrogens is 286 g/mol. The molecule has 0 atom stereocenters. The summed E-state index contributed by atoms with van der Waals surface area (Å²) < 4.78 is 0. The first kappa shape index (κ1) is 15.8. The van der Waals surface area contributed by atoms with Gasteiger partial charge in [-0.05, 0) is 18.2 Å². The van der Waals surface area contributed by atoms with Gasteiger partial charge >= 0.3 is 12.0 Å². The van der Waals surface area contributed by atoms with Gasteiger partial charge in [-0.15, -0.1) is 0 Å². The Kier molecular flexibility index (Phi) is 5.33. The number of aromatic carboxylic acids is 1. The molecule has 0 aromatic heterocycles. The van der Waals surface area contributed by atoms with Crippen LogP contribution in [-0.2, 0) is 4.79 Å². The van der Waals surface area contributed by atoms with Crippen LogP contribution < -0.4 is 10.6 Å². The lowest BCUT2D eigenvalue weighted by atomic mass is 10.2. The molecule has 1 aromatic carbocycles. The standard InChI is InChI=1S/C12H14ClN3O4/c1-16(2)10(17)6-14-12(20)15-9-5-7(11(18)19)3-4-8(9)13/h3-5H,6H2,1-2H3,(H,18,19)(H2,14,15,20). The van der Waals surface area contributed by atoms with E-state index in [1.807, 2.05) is 0 Å². The van der Waals surface area contributed by atoms with Crippen molar-refractivity contribution in [3.05, 3.63) is 28.8 Å². The van der Waals surface area contributed by atoms with Crippen molar-refractivity contribution in [3.8, 4) is 0 Å². The van der Waals surface area contributed by atoms with Crippen molar-refractivity contribution in [2.45, 2.75) is 0 Å². The van der Waals surface area contributed by atoms with Crippen LogP contribution >= 0.6 is 11.6 Å². The van der Waals surface area contributed by atoms with Crippen LogP contribution in [0.15, 0.2) is 18.2 Å². The van der Waals surface area contributed by atoms with Crippen molar-refractivity contribution in [1.82, 2.24) is 10.2 Å².